The summed E-state index contributed by atoms with van der Waals surface area (Å²) in [6.45, 7) is 0.114. The number of phenolic OH excluding ortho intramolecular Hbond substituents is 2. The maximum atomic E-state index is 12.4. The minimum atomic E-state index is -1.16. The number of carbonyl (C=O) groups excluding carboxylic acids is 1. The number of halogens is 2. The van der Waals surface area contributed by atoms with E-state index in [4.69, 9.17) is 15.6 Å². The van der Waals surface area contributed by atoms with Crippen molar-refractivity contribution in [3.8, 4) is 22.6 Å². The maximum absolute atomic E-state index is 12.4. The first-order valence-corrected chi connectivity index (χ1v) is 15.9. The number of fused-ring (bicyclic) bond motifs is 3. The molecule has 0 aromatic heterocycles. The molecule has 45 heavy (non-hydrogen) atoms. The highest BCUT2D eigenvalue weighted by Crippen LogP contribution is 2.44. The standard InChI is InChI=1S/C24H20INO5.C9H10INO3/c25-20-11-14(9-10-22(20)27)12-21(23(28)29)26-24(30)31-13-19-17-7-3-1-5-15(17)16-6-2-4-8-18(16)19;10-6-3-5(1-2-8(6)12)4-7(11)9(13)14/h1-11,19,21,27H,12-13H2,(H,26,30)(H,28,29);1-3,7,12H,4,11H2,(H,13,14)/t21-;7-/m00/s1. The maximum Gasteiger partial charge on any atom is 0.407 e. The summed E-state index contributed by atoms with van der Waals surface area (Å²) in [4.78, 5) is 34.5. The van der Waals surface area contributed by atoms with E-state index in [2.05, 4.69) is 5.32 Å². The Bertz CT molecular complexity index is 1670. The number of amides is 1. The Labute approximate surface area is 286 Å². The molecule has 234 valence electrons. The van der Waals surface area contributed by atoms with Gasteiger partial charge in [0.05, 0.1) is 7.14 Å². The van der Waals surface area contributed by atoms with Crippen molar-refractivity contribution in [2.45, 2.75) is 30.8 Å². The fourth-order valence-electron chi connectivity index (χ4n) is 4.91. The van der Waals surface area contributed by atoms with Gasteiger partial charge in [-0.1, -0.05) is 60.7 Å². The summed E-state index contributed by atoms with van der Waals surface area (Å²) in [5.74, 6) is -1.95. The lowest BCUT2D eigenvalue weighted by Crippen LogP contribution is -2.42. The van der Waals surface area contributed by atoms with E-state index >= 15 is 0 Å². The van der Waals surface area contributed by atoms with Gasteiger partial charge in [-0.15, -0.1) is 0 Å². The molecule has 0 fully saturated rings. The number of aromatic hydroxyl groups is 2. The lowest BCUT2D eigenvalue weighted by atomic mass is 9.98. The number of carboxylic acid groups (broad SMARTS) is 2. The average molecular weight is 836 g/mol. The van der Waals surface area contributed by atoms with Crippen molar-refractivity contribution < 1.29 is 39.5 Å². The van der Waals surface area contributed by atoms with Gasteiger partial charge in [-0.2, -0.15) is 0 Å². The summed E-state index contributed by atoms with van der Waals surface area (Å²) in [6.07, 6.45) is -0.427. The predicted molar refractivity (Wildman–Crippen MR) is 184 cm³/mol. The van der Waals surface area contributed by atoms with Crippen molar-refractivity contribution in [3.63, 3.8) is 0 Å². The van der Waals surface area contributed by atoms with E-state index in [1.165, 1.54) is 12.1 Å². The SMILES string of the molecule is N[C@@H](Cc1ccc(O)c(I)c1)C(=O)O.O=C(N[C@@H](Cc1ccc(O)c(I)c1)C(=O)O)OCC1c2ccccc2-c2ccccc21. The summed E-state index contributed by atoms with van der Waals surface area (Å²) < 4.78 is 6.75. The highest BCUT2D eigenvalue weighted by Gasteiger charge is 2.30. The molecule has 1 aliphatic carbocycles. The number of benzene rings is 4. The topological polar surface area (TPSA) is 179 Å². The summed E-state index contributed by atoms with van der Waals surface area (Å²) >= 11 is 3.94. The number of nitrogens with two attached hydrogens (primary N) is 1. The van der Waals surface area contributed by atoms with Gasteiger partial charge in [0.2, 0.25) is 0 Å². The smallest absolute Gasteiger partial charge is 0.407 e. The van der Waals surface area contributed by atoms with Crippen LogP contribution in [0, 0.1) is 7.14 Å². The second-order valence-electron chi connectivity index (χ2n) is 10.3. The molecule has 12 heteroatoms. The number of carboxylic acids is 2. The summed E-state index contributed by atoms with van der Waals surface area (Å²) in [6, 6.07) is 23.7. The van der Waals surface area contributed by atoms with Gasteiger partial charge in [0, 0.05) is 12.3 Å². The van der Waals surface area contributed by atoms with Crippen LogP contribution >= 0.6 is 45.2 Å². The van der Waals surface area contributed by atoms with Gasteiger partial charge in [0.1, 0.15) is 30.2 Å². The van der Waals surface area contributed by atoms with Crippen LogP contribution in [-0.2, 0) is 27.2 Å². The van der Waals surface area contributed by atoms with E-state index in [1.54, 1.807) is 24.3 Å². The van der Waals surface area contributed by atoms with Crippen LogP contribution in [0.15, 0.2) is 84.9 Å². The normalized spacial score (nSPS) is 13.0. The van der Waals surface area contributed by atoms with Crippen LogP contribution in [-0.4, -0.2) is 57.1 Å². The third kappa shape index (κ3) is 8.85. The molecule has 0 heterocycles. The molecule has 1 amide bonds. The molecule has 0 bridgehead atoms. The molecule has 0 saturated carbocycles. The van der Waals surface area contributed by atoms with E-state index in [-0.39, 0.29) is 36.9 Å². The molecule has 0 radical (unpaired) electrons. The van der Waals surface area contributed by atoms with Crippen molar-refractivity contribution in [2.75, 3.05) is 6.61 Å². The van der Waals surface area contributed by atoms with Gasteiger partial charge in [0.15, 0.2) is 0 Å². The fraction of sp³-hybridized carbons (Fsp3) is 0.182. The Morgan fingerprint density at radius 1 is 0.756 bits per heavy atom. The van der Waals surface area contributed by atoms with E-state index in [0.29, 0.717) is 12.7 Å². The second-order valence-corrected chi connectivity index (χ2v) is 12.6. The third-order valence-electron chi connectivity index (χ3n) is 7.17. The molecule has 5 rings (SSSR count). The molecule has 0 unspecified atom stereocenters. The molecule has 1 aliphatic rings. The van der Waals surface area contributed by atoms with Crippen LogP contribution in [0.25, 0.3) is 11.1 Å². The minimum Gasteiger partial charge on any atom is -0.507 e. The summed E-state index contributed by atoms with van der Waals surface area (Å²) in [7, 11) is 0. The van der Waals surface area contributed by atoms with E-state index in [1.807, 2.05) is 93.7 Å². The van der Waals surface area contributed by atoms with Crippen LogP contribution < -0.4 is 11.1 Å². The number of ether oxygens (including phenoxy) is 1. The van der Waals surface area contributed by atoms with Crippen LogP contribution in [0.3, 0.4) is 0 Å². The van der Waals surface area contributed by atoms with Gasteiger partial charge in [0.25, 0.3) is 0 Å². The van der Waals surface area contributed by atoms with Gasteiger partial charge < -0.3 is 36.2 Å². The number of hydrogen-bond acceptors (Lipinski definition) is 7. The van der Waals surface area contributed by atoms with Crippen molar-refractivity contribution >= 4 is 63.2 Å². The first kappa shape index (κ1) is 34.0. The van der Waals surface area contributed by atoms with Gasteiger partial charge in [-0.05, 0) is 109 Å². The first-order chi connectivity index (χ1) is 21.4. The van der Waals surface area contributed by atoms with E-state index in [0.717, 1.165) is 27.8 Å². The van der Waals surface area contributed by atoms with Crippen molar-refractivity contribution in [3.05, 3.63) is 114 Å². The predicted octanol–water partition coefficient (Wildman–Crippen LogP) is 5.48. The number of phenols is 2. The summed E-state index contributed by atoms with van der Waals surface area (Å²) in [5.41, 5.74) is 11.3. The Balaban J connectivity index is 0.000000276. The lowest BCUT2D eigenvalue weighted by Gasteiger charge is -2.17. The van der Waals surface area contributed by atoms with Gasteiger partial charge in [-0.25, -0.2) is 9.59 Å². The molecular weight excluding hydrogens is 806 g/mol. The Hall–Kier alpha value is -3.89. The monoisotopic (exact) mass is 836 g/mol. The van der Waals surface area contributed by atoms with Gasteiger partial charge >= 0.3 is 18.0 Å². The molecule has 7 N–H and O–H groups in total. The quantitative estimate of drug-likeness (QED) is 0.119. The molecule has 0 saturated heterocycles. The highest BCUT2D eigenvalue weighted by molar-refractivity contribution is 14.1. The average Bonchev–Trinajstić information content (AvgIpc) is 3.33. The zero-order valence-electron chi connectivity index (χ0n) is 23.7. The molecule has 4 aromatic rings. The fourth-order valence-corrected chi connectivity index (χ4v) is 6.07. The zero-order chi connectivity index (χ0) is 32.7. The van der Waals surface area contributed by atoms with Crippen LogP contribution in [0.4, 0.5) is 4.79 Å². The first-order valence-electron chi connectivity index (χ1n) is 13.7. The minimum absolute atomic E-state index is 0.0792. The number of hydrogen-bond donors (Lipinski definition) is 6. The Kier molecular flexibility index (Phi) is 11.6. The van der Waals surface area contributed by atoms with Crippen LogP contribution in [0.2, 0.25) is 0 Å². The molecule has 10 nitrogen and oxygen atoms in total. The number of rotatable bonds is 9. The molecule has 0 spiro atoms. The number of nitrogens with one attached hydrogen (secondary N) is 1. The summed E-state index contributed by atoms with van der Waals surface area (Å²) in [5, 5.41) is 39.4. The van der Waals surface area contributed by atoms with Crippen molar-refractivity contribution in [1.29, 1.82) is 0 Å². The van der Waals surface area contributed by atoms with Crippen LogP contribution in [0.5, 0.6) is 11.5 Å². The number of carbonyl (C=O) groups is 3. The van der Waals surface area contributed by atoms with Crippen molar-refractivity contribution in [1.82, 2.24) is 5.32 Å². The second kappa shape index (κ2) is 15.4. The Morgan fingerprint density at radius 2 is 1.24 bits per heavy atom. The molecule has 4 aromatic carbocycles. The number of alkyl carbamates (subject to hydrolysis) is 1. The van der Waals surface area contributed by atoms with Gasteiger partial charge in [-0.3, -0.25) is 4.79 Å². The molecule has 0 aliphatic heterocycles. The zero-order valence-corrected chi connectivity index (χ0v) is 28.0. The van der Waals surface area contributed by atoms with E-state index < -0.39 is 30.1 Å². The Morgan fingerprint density at radius 3 is 1.71 bits per heavy atom. The molecular formula is C33H30I2N2O8. The van der Waals surface area contributed by atoms with Crippen LogP contribution in [0.1, 0.15) is 28.2 Å². The number of aliphatic carboxylic acids is 2. The lowest BCUT2D eigenvalue weighted by molar-refractivity contribution is -0.139. The van der Waals surface area contributed by atoms with Crippen molar-refractivity contribution in [2.24, 2.45) is 5.73 Å². The third-order valence-corrected chi connectivity index (χ3v) is 8.90. The molecule has 2 atom stereocenters. The van der Waals surface area contributed by atoms with E-state index in [9.17, 15) is 29.7 Å². The largest absolute Gasteiger partial charge is 0.507 e. The highest BCUT2D eigenvalue weighted by atomic mass is 127.